The summed E-state index contributed by atoms with van der Waals surface area (Å²) < 4.78 is 13.2. The Kier molecular flexibility index (Phi) is 3.62. The highest BCUT2D eigenvalue weighted by atomic mass is 35.5. The third kappa shape index (κ3) is 2.41. The Morgan fingerprint density at radius 3 is 2.71 bits per heavy atom. The van der Waals surface area contributed by atoms with E-state index in [0.717, 1.165) is 6.20 Å². The zero-order chi connectivity index (χ0) is 12.4. The van der Waals surface area contributed by atoms with Gasteiger partial charge >= 0.3 is 0 Å². The van der Waals surface area contributed by atoms with Gasteiger partial charge in [-0.2, -0.15) is 0 Å². The molecule has 0 bridgehead atoms. The molecule has 0 aliphatic rings. The summed E-state index contributed by atoms with van der Waals surface area (Å²) in [6.45, 7) is -0.293. The van der Waals surface area contributed by atoms with Gasteiger partial charge in [0.1, 0.15) is 5.82 Å². The molecule has 1 heterocycles. The maximum atomic E-state index is 13.2. The van der Waals surface area contributed by atoms with E-state index in [1.807, 2.05) is 0 Å². The maximum Gasteiger partial charge on any atom is 0.142 e. The van der Waals surface area contributed by atoms with Crippen LogP contribution in [0.5, 0.6) is 0 Å². The lowest BCUT2D eigenvalue weighted by Gasteiger charge is -2.09. The van der Waals surface area contributed by atoms with Crippen LogP contribution in [0.3, 0.4) is 0 Å². The Balaban J connectivity index is 2.67. The summed E-state index contributed by atoms with van der Waals surface area (Å²) in [5, 5.41) is 9.86. The number of aliphatic hydroxyl groups is 1. The van der Waals surface area contributed by atoms with E-state index in [1.165, 1.54) is 6.07 Å². The molecule has 88 valence electrons. The predicted octanol–water partition coefficient (Wildman–Crippen LogP) is 3.69. The van der Waals surface area contributed by atoms with Crippen molar-refractivity contribution in [3.05, 3.63) is 52.0 Å². The Labute approximate surface area is 108 Å². The SMILES string of the molecule is OCc1ncc(F)cc1-c1cccc(Cl)c1Cl. The van der Waals surface area contributed by atoms with Gasteiger partial charge in [0, 0.05) is 11.1 Å². The molecule has 2 rings (SSSR count). The molecule has 2 aromatic rings. The zero-order valence-electron chi connectivity index (χ0n) is 8.62. The van der Waals surface area contributed by atoms with E-state index in [0.29, 0.717) is 26.9 Å². The lowest BCUT2D eigenvalue weighted by molar-refractivity contribution is 0.277. The molecule has 0 amide bonds. The van der Waals surface area contributed by atoms with Crippen LogP contribution in [0, 0.1) is 5.82 Å². The molecule has 2 nitrogen and oxygen atoms in total. The molecule has 1 aromatic carbocycles. The van der Waals surface area contributed by atoms with E-state index >= 15 is 0 Å². The number of aliphatic hydroxyl groups excluding tert-OH is 1. The number of hydrogen-bond donors (Lipinski definition) is 1. The fraction of sp³-hybridized carbons (Fsp3) is 0.0833. The average Bonchev–Trinajstić information content (AvgIpc) is 2.33. The van der Waals surface area contributed by atoms with Gasteiger partial charge in [-0.05, 0) is 12.1 Å². The van der Waals surface area contributed by atoms with Crippen molar-refractivity contribution in [2.75, 3.05) is 0 Å². The number of pyridine rings is 1. The minimum Gasteiger partial charge on any atom is -0.390 e. The number of benzene rings is 1. The highest BCUT2D eigenvalue weighted by Crippen LogP contribution is 2.34. The normalized spacial score (nSPS) is 10.6. The van der Waals surface area contributed by atoms with Gasteiger partial charge in [-0.15, -0.1) is 0 Å². The van der Waals surface area contributed by atoms with Crippen LogP contribution in [-0.4, -0.2) is 10.1 Å². The lowest BCUT2D eigenvalue weighted by atomic mass is 10.0. The smallest absolute Gasteiger partial charge is 0.142 e. The first-order valence-corrected chi connectivity index (χ1v) is 5.58. The molecular formula is C12H8Cl2FNO. The number of halogens is 3. The first kappa shape index (κ1) is 12.3. The van der Waals surface area contributed by atoms with Crippen molar-refractivity contribution in [1.82, 2.24) is 4.98 Å². The highest BCUT2D eigenvalue weighted by Gasteiger charge is 2.12. The first-order chi connectivity index (χ1) is 8.13. The van der Waals surface area contributed by atoms with Crippen LogP contribution < -0.4 is 0 Å². The molecule has 0 radical (unpaired) electrons. The fourth-order valence-corrected chi connectivity index (χ4v) is 1.94. The molecule has 0 fully saturated rings. The summed E-state index contributed by atoms with van der Waals surface area (Å²) in [6.07, 6.45) is 1.05. The summed E-state index contributed by atoms with van der Waals surface area (Å²) in [5.41, 5.74) is 1.35. The topological polar surface area (TPSA) is 33.1 Å². The Morgan fingerprint density at radius 2 is 2.00 bits per heavy atom. The first-order valence-electron chi connectivity index (χ1n) is 4.83. The highest BCUT2D eigenvalue weighted by molar-refractivity contribution is 6.43. The molecule has 0 aliphatic heterocycles. The monoisotopic (exact) mass is 271 g/mol. The molecule has 1 N–H and O–H groups in total. The molecule has 17 heavy (non-hydrogen) atoms. The number of hydrogen-bond acceptors (Lipinski definition) is 2. The van der Waals surface area contributed by atoms with Gasteiger partial charge in [-0.1, -0.05) is 35.3 Å². The van der Waals surface area contributed by atoms with Crippen molar-refractivity contribution in [2.24, 2.45) is 0 Å². The van der Waals surface area contributed by atoms with Gasteiger partial charge in [-0.3, -0.25) is 4.98 Å². The minimum atomic E-state index is -0.492. The van der Waals surface area contributed by atoms with Crippen LogP contribution in [0.2, 0.25) is 10.0 Å². The molecule has 0 unspecified atom stereocenters. The number of rotatable bonds is 2. The van der Waals surface area contributed by atoms with Crippen LogP contribution in [0.1, 0.15) is 5.69 Å². The van der Waals surface area contributed by atoms with E-state index in [1.54, 1.807) is 18.2 Å². The van der Waals surface area contributed by atoms with E-state index in [4.69, 9.17) is 28.3 Å². The van der Waals surface area contributed by atoms with Crippen LogP contribution >= 0.6 is 23.2 Å². The Hall–Kier alpha value is -1.16. The molecule has 0 atom stereocenters. The third-order valence-corrected chi connectivity index (χ3v) is 3.15. The molecule has 5 heteroatoms. The molecule has 0 saturated carbocycles. The van der Waals surface area contributed by atoms with E-state index in [-0.39, 0.29) is 6.61 Å². The van der Waals surface area contributed by atoms with Gasteiger partial charge in [0.15, 0.2) is 0 Å². The van der Waals surface area contributed by atoms with Crippen molar-refractivity contribution in [3.8, 4) is 11.1 Å². The van der Waals surface area contributed by atoms with Crippen LogP contribution in [0.25, 0.3) is 11.1 Å². The van der Waals surface area contributed by atoms with E-state index in [2.05, 4.69) is 4.98 Å². The molecule has 0 spiro atoms. The largest absolute Gasteiger partial charge is 0.390 e. The van der Waals surface area contributed by atoms with Gasteiger partial charge < -0.3 is 5.11 Å². The molecule has 0 aliphatic carbocycles. The van der Waals surface area contributed by atoms with Crippen molar-refractivity contribution < 1.29 is 9.50 Å². The lowest BCUT2D eigenvalue weighted by Crippen LogP contribution is -1.95. The van der Waals surface area contributed by atoms with E-state index in [9.17, 15) is 4.39 Å². The van der Waals surface area contributed by atoms with Crippen molar-refractivity contribution in [2.45, 2.75) is 6.61 Å². The second-order valence-electron chi connectivity index (χ2n) is 3.41. The Morgan fingerprint density at radius 1 is 1.24 bits per heavy atom. The van der Waals surface area contributed by atoms with Gasteiger partial charge in [0.2, 0.25) is 0 Å². The fourth-order valence-electron chi connectivity index (χ4n) is 1.54. The maximum absolute atomic E-state index is 13.2. The molecule has 0 saturated heterocycles. The van der Waals surface area contributed by atoms with Crippen LogP contribution in [-0.2, 0) is 6.61 Å². The summed E-state index contributed by atoms with van der Waals surface area (Å²) in [6, 6.07) is 6.31. The second kappa shape index (κ2) is 5.00. The third-order valence-electron chi connectivity index (χ3n) is 2.33. The molecule has 1 aromatic heterocycles. The van der Waals surface area contributed by atoms with Crippen LogP contribution in [0.15, 0.2) is 30.5 Å². The van der Waals surface area contributed by atoms with Gasteiger partial charge in [0.05, 0.1) is 28.5 Å². The standard InChI is InChI=1S/C12H8Cl2FNO/c13-10-3-1-2-8(12(10)14)9-4-7(15)5-16-11(9)6-17/h1-5,17H,6H2. The summed E-state index contributed by atoms with van der Waals surface area (Å²) in [7, 11) is 0. The van der Waals surface area contributed by atoms with Crippen LogP contribution in [0.4, 0.5) is 4.39 Å². The zero-order valence-corrected chi connectivity index (χ0v) is 10.1. The van der Waals surface area contributed by atoms with Crippen molar-refractivity contribution >= 4 is 23.2 Å². The summed E-state index contributed by atoms with van der Waals surface area (Å²) in [5.74, 6) is -0.492. The van der Waals surface area contributed by atoms with Crippen molar-refractivity contribution in [3.63, 3.8) is 0 Å². The van der Waals surface area contributed by atoms with Gasteiger partial charge in [-0.25, -0.2) is 4.39 Å². The quantitative estimate of drug-likeness (QED) is 0.904. The van der Waals surface area contributed by atoms with E-state index < -0.39 is 5.82 Å². The van der Waals surface area contributed by atoms with Crippen molar-refractivity contribution in [1.29, 1.82) is 0 Å². The predicted molar refractivity (Wildman–Crippen MR) is 65.6 cm³/mol. The average molecular weight is 272 g/mol. The molecular weight excluding hydrogens is 264 g/mol. The second-order valence-corrected chi connectivity index (χ2v) is 4.19. The number of nitrogens with zero attached hydrogens (tertiary/aromatic N) is 1. The summed E-state index contributed by atoms with van der Waals surface area (Å²) in [4.78, 5) is 3.82. The minimum absolute atomic E-state index is 0.293. The number of aromatic nitrogens is 1. The summed E-state index contributed by atoms with van der Waals surface area (Å²) >= 11 is 11.9. The van der Waals surface area contributed by atoms with Gasteiger partial charge in [0.25, 0.3) is 0 Å². The Bertz CT molecular complexity index is 560.